The van der Waals surface area contributed by atoms with E-state index >= 15 is 0 Å². The average Bonchev–Trinajstić information content (AvgIpc) is 3.05. The predicted octanol–water partition coefficient (Wildman–Crippen LogP) is 2.77. The number of aliphatic hydroxyl groups is 1. The van der Waals surface area contributed by atoms with Crippen molar-refractivity contribution < 1.29 is 32.7 Å². The number of aliphatic hydroxyl groups excluding tert-OH is 1. The van der Waals surface area contributed by atoms with E-state index in [1.807, 2.05) is 0 Å². The zero-order chi connectivity index (χ0) is 26.1. The predicted molar refractivity (Wildman–Crippen MR) is 128 cm³/mol. The third kappa shape index (κ3) is 4.25. The number of piperidine rings is 1. The molecular formula is C26H27F3N3O4+. The molecule has 3 amide bonds. The van der Waals surface area contributed by atoms with E-state index in [0.29, 0.717) is 42.7 Å². The van der Waals surface area contributed by atoms with E-state index in [-0.39, 0.29) is 24.6 Å². The fourth-order valence-corrected chi connectivity index (χ4v) is 5.14. The molecule has 0 bridgehead atoms. The number of fused-ring (bicyclic) bond motifs is 2. The van der Waals surface area contributed by atoms with Gasteiger partial charge in [-0.2, -0.15) is 17.7 Å². The molecular weight excluding hydrogens is 475 g/mol. The minimum atomic E-state index is -4.59. The van der Waals surface area contributed by atoms with Crippen molar-refractivity contribution in [1.82, 2.24) is 15.1 Å². The molecule has 7 nitrogen and oxygen atoms in total. The fourth-order valence-electron chi connectivity index (χ4n) is 5.14. The molecule has 190 valence electrons. The van der Waals surface area contributed by atoms with Gasteiger partial charge in [-0.3, -0.25) is 4.79 Å². The Bertz CT molecular complexity index is 1240. The summed E-state index contributed by atoms with van der Waals surface area (Å²) in [6, 6.07) is 9.59. The van der Waals surface area contributed by atoms with Crippen LogP contribution in [0.5, 0.6) is 0 Å². The molecule has 3 N–H and O–H groups in total. The second kappa shape index (κ2) is 9.61. The van der Waals surface area contributed by atoms with Crippen LogP contribution in [0, 0.1) is 0 Å². The van der Waals surface area contributed by atoms with Crippen molar-refractivity contribution in [3.8, 4) is 0 Å². The Morgan fingerprint density at radius 1 is 1.17 bits per heavy atom. The number of imide groups is 1. The largest absolute Gasteiger partial charge is 0.416 e. The lowest BCUT2D eigenvalue weighted by atomic mass is 9.73. The second-order valence-corrected chi connectivity index (χ2v) is 9.11. The van der Waals surface area contributed by atoms with E-state index in [9.17, 15) is 27.6 Å². The first-order valence-electron chi connectivity index (χ1n) is 11.6. The molecule has 1 saturated heterocycles. The normalized spacial score (nSPS) is 21.1. The van der Waals surface area contributed by atoms with Crippen LogP contribution in [0.15, 0.2) is 48.5 Å². The lowest BCUT2D eigenvalue weighted by Crippen LogP contribution is -2.58. The van der Waals surface area contributed by atoms with Gasteiger partial charge in [0.25, 0.3) is 5.91 Å². The quantitative estimate of drug-likeness (QED) is 0.432. The van der Waals surface area contributed by atoms with Crippen molar-refractivity contribution >= 4 is 29.5 Å². The highest BCUT2D eigenvalue weighted by atomic mass is 19.4. The molecule has 2 aliphatic rings. The standard InChI is InChI=1S/C26H26F3N3O4/c1-32(22(34)9-7-17-4-2-3-5-19(17)26(27,28)29)21-8-6-18(23(35)31-14-15-33)16-20(21)25(24(32)36)10-12-30-13-11-25/h2-9,16,30,33H,10-15H2,1H3/p+1/b9-7+. The molecule has 10 heteroatoms. The highest BCUT2D eigenvalue weighted by Crippen LogP contribution is 2.50. The van der Waals surface area contributed by atoms with Gasteiger partial charge in [-0.05, 0) is 55.8 Å². The van der Waals surface area contributed by atoms with Gasteiger partial charge in [-0.15, -0.1) is 0 Å². The van der Waals surface area contributed by atoms with Gasteiger partial charge < -0.3 is 15.7 Å². The molecule has 1 atom stereocenters. The molecule has 0 aliphatic carbocycles. The van der Waals surface area contributed by atoms with E-state index in [2.05, 4.69) is 10.6 Å². The third-order valence-electron chi connectivity index (χ3n) is 7.04. The number of hydrogen-bond donors (Lipinski definition) is 3. The number of rotatable bonds is 5. The zero-order valence-electron chi connectivity index (χ0n) is 19.7. The fraction of sp³-hybridized carbons (Fsp3) is 0.346. The Kier molecular flexibility index (Phi) is 6.87. The van der Waals surface area contributed by atoms with E-state index in [0.717, 1.165) is 18.2 Å². The van der Waals surface area contributed by atoms with Gasteiger partial charge in [0, 0.05) is 29.8 Å². The Morgan fingerprint density at radius 3 is 2.53 bits per heavy atom. The van der Waals surface area contributed by atoms with Gasteiger partial charge >= 0.3 is 18.0 Å². The number of carbonyl (C=O) groups is 3. The lowest BCUT2D eigenvalue weighted by molar-refractivity contribution is -0.142. The van der Waals surface area contributed by atoms with Gasteiger partial charge in [0.1, 0.15) is 5.41 Å². The molecule has 1 fully saturated rings. The summed E-state index contributed by atoms with van der Waals surface area (Å²) in [5.74, 6) is -1.46. The number of nitrogens with one attached hydrogen (secondary N) is 2. The Balaban J connectivity index is 1.77. The number of benzene rings is 2. The van der Waals surface area contributed by atoms with Crippen LogP contribution in [-0.2, 0) is 21.2 Å². The van der Waals surface area contributed by atoms with Crippen LogP contribution >= 0.6 is 0 Å². The zero-order valence-corrected chi connectivity index (χ0v) is 19.7. The van der Waals surface area contributed by atoms with E-state index in [4.69, 9.17) is 5.11 Å². The summed E-state index contributed by atoms with van der Waals surface area (Å²) < 4.78 is 39.5. The minimum Gasteiger partial charge on any atom is -0.395 e. The van der Waals surface area contributed by atoms with E-state index < -0.39 is 33.5 Å². The number of amides is 3. The van der Waals surface area contributed by atoms with Crippen LogP contribution in [0.25, 0.3) is 6.08 Å². The third-order valence-corrected chi connectivity index (χ3v) is 7.04. The van der Waals surface area contributed by atoms with Crippen molar-refractivity contribution in [3.63, 3.8) is 0 Å². The second-order valence-electron chi connectivity index (χ2n) is 9.11. The van der Waals surface area contributed by atoms with Crippen LogP contribution in [0.2, 0.25) is 0 Å². The molecule has 2 aromatic rings. The SMILES string of the molecule is C[N+]1(C(=O)/C=C/c2ccccc2C(F)(F)F)C(=O)C2(CCNCC2)c2cc(C(=O)NCCO)ccc21. The molecule has 2 aromatic carbocycles. The first-order valence-corrected chi connectivity index (χ1v) is 11.6. The maximum absolute atomic E-state index is 14.0. The topological polar surface area (TPSA) is 95.5 Å². The first kappa shape index (κ1) is 25.7. The van der Waals surface area contributed by atoms with Crippen molar-refractivity contribution in [1.29, 1.82) is 0 Å². The van der Waals surface area contributed by atoms with Crippen LogP contribution in [0.1, 0.15) is 39.9 Å². The van der Waals surface area contributed by atoms with Crippen molar-refractivity contribution in [3.05, 3.63) is 70.8 Å². The number of hydrogen-bond acceptors (Lipinski definition) is 5. The summed E-state index contributed by atoms with van der Waals surface area (Å²) >= 11 is 0. The van der Waals surface area contributed by atoms with Crippen molar-refractivity contribution in [2.75, 3.05) is 33.3 Å². The lowest BCUT2D eigenvalue weighted by Gasteiger charge is -2.32. The van der Waals surface area contributed by atoms with Crippen LogP contribution in [-0.4, -0.2) is 56.1 Å². The summed E-state index contributed by atoms with van der Waals surface area (Å²) in [6.45, 7) is 0.919. The molecule has 1 unspecified atom stereocenters. The molecule has 0 radical (unpaired) electrons. The maximum atomic E-state index is 14.0. The molecule has 0 aromatic heterocycles. The number of halogens is 3. The number of likely N-dealkylation sites (N-methyl/N-ethyl adjacent to an activating group) is 1. The summed E-state index contributed by atoms with van der Waals surface area (Å²) in [6.07, 6.45) is -1.64. The molecule has 2 aliphatic heterocycles. The van der Waals surface area contributed by atoms with Gasteiger partial charge in [0.05, 0.1) is 19.2 Å². The number of carbonyl (C=O) groups excluding carboxylic acids is 3. The van der Waals surface area contributed by atoms with Gasteiger partial charge in [0.2, 0.25) is 0 Å². The summed E-state index contributed by atoms with van der Waals surface area (Å²) in [5.41, 5.74) is -0.786. The number of nitrogens with zero attached hydrogens (tertiary/aromatic N) is 1. The Hall–Kier alpha value is -3.34. The highest BCUT2D eigenvalue weighted by Gasteiger charge is 2.63. The van der Waals surface area contributed by atoms with Crippen LogP contribution in [0.3, 0.4) is 0 Å². The van der Waals surface area contributed by atoms with Gasteiger partial charge in [-0.1, -0.05) is 18.2 Å². The molecule has 4 rings (SSSR count). The van der Waals surface area contributed by atoms with Crippen LogP contribution < -0.4 is 15.1 Å². The van der Waals surface area contributed by atoms with Gasteiger partial charge in [0.15, 0.2) is 5.69 Å². The van der Waals surface area contributed by atoms with E-state index in [1.54, 1.807) is 12.1 Å². The Morgan fingerprint density at radius 2 is 1.86 bits per heavy atom. The molecule has 0 saturated carbocycles. The summed E-state index contributed by atoms with van der Waals surface area (Å²) in [4.78, 5) is 40.0. The van der Waals surface area contributed by atoms with Crippen molar-refractivity contribution in [2.45, 2.75) is 24.4 Å². The van der Waals surface area contributed by atoms with Gasteiger partial charge in [-0.25, -0.2) is 9.59 Å². The average molecular weight is 503 g/mol. The molecule has 36 heavy (non-hydrogen) atoms. The van der Waals surface area contributed by atoms with Crippen LogP contribution in [0.4, 0.5) is 18.9 Å². The summed E-state index contributed by atoms with van der Waals surface area (Å²) in [5, 5.41) is 14.8. The number of alkyl halides is 3. The Labute approximate surface area is 206 Å². The highest BCUT2D eigenvalue weighted by molar-refractivity contribution is 6.21. The first-order chi connectivity index (χ1) is 17.1. The monoisotopic (exact) mass is 502 g/mol. The summed E-state index contributed by atoms with van der Waals surface area (Å²) in [7, 11) is 1.45. The maximum Gasteiger partial charge on any atom is 0.416 e. The van der Waals surface area contributed by atoms with E-state index in [1.165, 1.54) is 31.3 Å². The number of quaternary nitrogens is 1. The minimum absolute atomic E-state index is 0.0698. The molecule has 1 spiro atoms. The smallest absolute Gasteiger partial charge is 0.395 e. The van der Waals surface area contributed by atoms with Crippen molar-refractivity contribution in [2.24, 2.45) is 0 Å². The molecule has 2 heterocycles.